The molecular formula is C21H23BrN4O2. The number of halogens is 1. The Bertz CT molecular complexity index is 1020. The first-order valence-corrected chi connectivity index (χ1v) is 10.0. The fourth-order valence-corrected chi connectivity index (χ4v) is 3.29. The molecule has 1 aromatic heterocycles. The smallest absolute Gasteiger partial charge is 0.258 e. The Balaban J connectivity index is 1.64. The molecule has 3 aromatic rings. The lowest BCUT2D eigenvalue weighted by molar-refractivity contribution is -0.123. The molecule has 2 N–H and O–H groups in total. The van der Waals surface area contributed by atoms with E-state index in [0.717, 1.165) is 10.0 Å². The average Bonchev–Trinajstić information content (AvgIpc) is 2.68. The third kappa shape index (κ3) is 5.05. The van der Waals surface area contributed by atoms with Gasteiger partial charge in [-0.25, -0.2) is 4.98 Å². The van der Waals surface area contributed by atoms with Gasteiger partial charge in [-0.2, -0.15) is 0 Å². The van der Waals surface area contributed by atoms with Crippen molar-refractivity contribution in [3.8, 4) is 0 Å². The van der Waals surface area contributed by atoms with Crippen LogP contribution in [0.2, 0.25) is 0 Å². The molecule has 1 heterocycles. The third-order valence-electron chi connectivity index (χ3n) is 4.60. The van der Waals surface area contributed by atoms with Crippen molar-refractivity contribution in [2.75, 3.05) is 13.1 Å². The summed E-state index contributed by atoms with van der Waals surface area (Å²) in [5, 5.41) is 3.58. The number of carbonyl (C=O) groups is 1. The molecule has 0 saturated heterocycles. The van der Waals surface area contributed by atoms with E-state index in [1.807, 2.05) is 61.2 Å². The lowest BCUT2D eigenvalue weighted by atomic mass is 10.1. The van der Waals surface area contributed by atoms with Crippen molar-refractivity contribution in [3.05, 3.63) is 74.7 Å². The maximum Gasteiger partial charge on any atom is 0.258 e. The molecule has 146 valence electrons. The van der Waals surface area contributed by atoms with E-state index in [4.69, 9.17) is 0 Å². The number of aromatic nitrogens is 2. The van der Waals surface area contributed by atoms with Gasteiger partial charge in [0.15, 0.2) is 0 Å². The lowest BCUT2D eigenvalue weighted by Crippen LogP contribution is -2.38. The minimum absolute atomic E-state index is 0.0691. The van der Waals surface area contributed by atoms with Crippen LogP contribution in [0.4, 0.5) is 0 Å². The van der Waals surface area contributed by atoms with Crippen molar-refractivity contribution in [2.24, 2.45) is 0 Å². The molecule has 0 aliphatic rings. The largest absolute Gasteiger partial charge is 0.348 e. The molecule has 0 fully saturated rings. The van der Waals surface area contributed by atoms with Crippen LogP contribution in [0.25, 0.3) is 10.9 Å². The number of hydrogen-bond donors (Lipinski definition) is 2. The second-order valence-corrected chi connectivity index (χ2v) is 7.59. The van der Waals surface area contributed by atoms with Crippen molar-refractivity contribution in [1.82, 2.24) is 20.2 Å². The van der Waals surface area contributed by atoms with Gasteiger partial charge in [-0.3, -0.25) is 14.5 Å². The van der Waals surface area contributed by atoms with Crippen LogP contribution in [0.15, 0.2) is 57.8 Å². The summed E-state index contributed by atoms with van der Waals surface area (Å²) in [6.45, 7) is 5.23. The van der Waals surface area contributed by atoms with E-state index in [2.05, 4.69) is 31.2 Å². The summed E-state index contributed by atoms with van der Waals surface area (Å²) in [5.41, 5.74) is 1.54. The maximum absolute atomic E-state index is 12.5. The first-order valence-electron chi connectivity index (χ1n) is 9.21. The van der Waals surface area contributed by atoms with Gasteiger partial charge in [-0.15, -0.1) is 0 Å². The number of nitrogens with one attached hydrogen (secondary N) is 2. The van der Waals surface area contributed by atoms with Gasteiger partial charge in [0.25, 0.3) is 5.56 Å². The Hall–Kier alpha value is -2.51. The molecule has 0 saturated carbocycles. The third-order valence-corrected chi connectivity index (χ3v) is 5.13. The number of nitrogens with zero attached hydrogens (tertiary/aromatic N) is 2. The Morgan fingerprint density at radius 3 is 2.64 bits per heavy atom. The second kappa shape index (κ2) is 9.12. The maximum atomic E-state index is 12.5. The average molecular weight is 443 g/mol. The molecule has 7 heteroatoms. The zero-order valence-electron chi connectivity index (χ0n) is 15.9. The molecule has 0 aliphatic carbocycles. The fourth-order valence-electron chi connectivity index (χ4n) is 3.03. The van der Waals surface area contributed by atoms with E-state index in [-0.39, 0.29) is 24.1 Å². The minimum Gasteiger partial charge on any atom is -0.348 e. The van der Waals surface area contributed by atoms with Crippen LogP contribution in [0.3, 0.4) is 0 Å². The summed E-state index contributed by atoms with van der Waals surface area (Å²) in [6, 6.07) is 15.0. The Labute approximate surface area is 172 Å². The van der Waals surface area contributed by atoms with Crippen LogP contribution in [-0.2, 0) is 11.3 Å². The van der Waals surface area contributed by atoms with Gasteiger partial charge < -0.3 is 10.3 Å². The summed E-state index contributed by atoms with van der Waals surface area (Å²) in [5.74, 6) is 0.486. The van der Waals surface area contributed by atoms with Crippen LogP contribution in [0.5, 0.6) is 0 Å². The van der Waals surface area contributed by atoms with Crippen LogP contribution >= 0.6 is 15.9 Å². The molecule has 0 aliphatic heterocycles. The van der Waals surface area contributed by atoms with Crippen LogP contribution in [0.1, 0.15) is 31.3 Å². The van der Waals surface area contributed by atoms with Crippen LogP contribution in [0, 0.1) is 0 Å². The molecule has 0 unspecified atom stereocenters. The van der Waals surface area contributed by atoms with E-state index in [0.29, 0.717) is 29.8 Å². The molecule has 1 atom stereocenters. The van der Waals surface area contributed by atoms with Crippen molar-refractivity contribution in [2.45, 2.75) is 26.4 Å². The highest BCUT2D eigenvalue weighted by atomic mass is 79.9. The molecule has 1 amide bonds. The predicted octanol–water partition coefficient (Wildman–Crippen LogP) is 3.38. The van der Waals surface area contributed by atoms with Gasteiger partial charge in [-0.05, 0) is 43.3 Å². The topological polar surface area (TPSA) is 78.1 Å². The highest BCUT2D eigenvalue weighted by Crippen LogP contribution is 2.16. The van der Waals surface area contributed by atoms with E-state index < -0.39 is 0 Å². The molecule has 28 heavy (non-hydrogen) atoms. The highest BCUT2D eigenvalue weighted by Gasteiger charge is 2.15. The number of carbonyl (C=O) groups excluding carboxylic acids is 1. The van der Waals surface area contributed by atoms with Crippen molar-refractivity contribution >= 4 is 32.7 Å². The quantitative estimate of drug-likeness (QED) is 0.587. The second-order valence-electron chi connectivity index (χ2n) is 6.67. The highest BCUT2D eigenvalue weighted by molar-refractivity contribution is 9.10. The number of rotatable bonds is 7. The normalized spacial score (nSPS) is 12.3. The summed E-state index contributed by atoms with van der Waals surface area (Å²) in [7, 11) is 0. The Morgan fingerprint density at radius 1 is 1.21 bits per heavy atom. The number of H-pyrrole nitrogens is 1. The number of amides is 1. The molecule has 2 aromatic carbocycles. The fraction of sp³-hybridized carbons (Fsp3) is 0.286. The Morgan fingerprint density at radius 2 is 1.93 bits per heavy atom. The number of hydrogen-bond acceptors (Lipinski definition) is 4. The first kappa shape index (κ1) is 20.2. The molecule has 0 radical (unpaired) electrons. The van der Waals surface area contributed by atoms with E-state index in [1.54, 1.807) is 6.07 Å². The van der Waals surface area contributed by atoms with Gasteiger partial charge in [0.2, 0.25) is 5.91 Å². The SMILES string of the molecule is CCN(CC(=O)N[C@@H](C)c1ccc(Br)cc1)Cc1nc2ccccc2c(=O)[nH]1. The van der Waals surface area contributed by atoms with Crippen molar-refractivity contribution < 1.29 is 4.79 Å². The zero-order valence-corrected chi connectivity index (χ0v) is 17.5. The van der Waals surface area contributed by atoms with Gasteiger partial charge in [0.05, 0.1) is 30.0 Å². The first-order chi connectivity index (χ1) is 13.5. The van der Waals surface area contributed by atoms with Crippen LogP contribution in [-0.4, -0.2) is 33.9 Å². The monoisotopic (exact) mass is 442 g/mol. The van der Waals surface area contributed by atoms with Gasteiger partial charge in [-0.1, -0.05) is 47.1 Å². The Kier molecular flexibility index (Phi) is 6.59. The van der Waals surface area contributed by atoms with E-state index >= 15 is 0 Å². The molecule has 6 nitrogen and oxygen atoms in total. The lowest BCUT2D eigenvalue weighted by Gasteiger charge is -2.21. The van der Waals surface area contributed by atoms with Crippen LogP contribution < -0.4 is 10.9 Å². The number of aromatic amines is 1. The summed E-state index contributed by atoms with van der Waals surface area (Å²) < 4.78 is 1.00. The molecule has 0 bridgehead atoms. The summed E-state index contributed by atoms with van der Waals surface area (Å²) in [6.07, 6.45) is 0. The minimum atomic E-state index is -0.162. The van der Waals surface area contributed by atoms with Gasteiger partial charge in [0, 0.05) is 4.47 Å². The number of fused-ring (bicyclic) bond motifs is 1. The molecule has 3 rings (SSSR count). The standard InChI is InChI=1S/C21H23BrN4O2/c1-3-26(12-19-24-18-7-5-4-6-17(18)21(28)25-19)13-20(27)23-14(2)15-8-10-16(22)11-9-15/h4-11,14H,3,12-13H2,1-2H3,(H,23,27)(H,24,25,28)/t14-/m0/s1. The van der Waals surface area contributed by atoms with Crippen molar-refractivity contribution in [3.63, 3.8) is 0 Å². The zero-order chi connectivity index (χ0) is 20.1. The number of likely N-dealkylation sites (N-methyl/N-ethyl adjacent to an activating group) is 1. The van der Waals surface area contributed by atoms with E-state index in [9.17, 15) is 9.59 Å². The summed E-state index contributed by atoms with van der Waals surface area (Å²) in [4.78, 5) is 34.0. The summed E-state index contributed by atoms with van der Waals surface area (Å²) >= 11 is 3.41. The molecule has 0 spiro atoms. The van der Waals surface area contributed by atoms with Gasteiger partial charge in [0.1, 0.15) is 5.82 Å². The van der Waals surface area contributed by atoms with E-state index in [1.165, 1.54) is 0 Å². The number of benzene rings is 2. The predicted molar refractivity (Wildman–Crippen MR) is 114 cm³/mol. The molecular weight excluding hydrogens is 420 g/mol. The number of para-hydroxylation sites is 1. The van der Waals surface area contributed by atoms with Crippen molar-refractivity contribution in [1.29, 1.82) is 0 Å². The van der Waals surface area contributed by atoms with Gasteiger partial charge >= 0.3 is 0 Å².